The van der Waals surface area contributed by atoms with Crippen LogP contribution in [0.25, 0.3) is 0 Å². The summed E-state index contributed by atoms with van der Waals surface area (Å²) in [5.74, 6) is -0.430. The van der Waals surface area contributed by atoms with Crippen LogP contribution in [0.15, 0.2) is 6.07 Å². The first-order valence-corrected chi connectivity index (χ1v) is 14.6. The molecule has 1 atom stereocenters. The predicted octanol–water partition coefficient (Wildman–Crippen LogP) is 3.05. The van der Waals surface area contributed by atoms with Gasteiger partial charge in [-0.25, -0.2) is 0 Å². The lowest BCUT2D eigenvalue weighted by Crippen LogP contribution is -2.65. The molecule has 0 aromatic carbocycles. The molecule has 4 aliphatic rings. The maximum atomic E-state index is 13.7. The molecule has 4 heterocycles. The highest BCUT2D eigenvalue weighted by molar-refractivity contribution is 6.02. The molecule has 3 amide bonds. The number of nitrogens with one attached hydrogen (secondary N) is 1. The molecule has 9 heteroatoms. The average Bonchev–Trinajstić information content (AvgIpc) is 3.59. The van der Waals surface area contributed by atoms with E-state index in [-0.39, 0.29) is 30.3 Å². The van der Waals surface area contributed by atoms with Crippen molar-refractivity contribution in [2.45, 2.75) is 109 Å². The average molecular weight is 513 g/mol. The van der Waals surface area contributed by atoms with Gasteiger partial charge in [0.15, 0.2) is 5.69 Å². The van der Waals surface area contributed by atoms with Crippen LogP contribution < -0.4 is 5.32 Å². The van der Waals surface area contributed by atoms with Crippen LogP contribution >= 0.6 is 0 Å². The molecule has 3 aliphatic heterocycles. The molecule has 204 valence electrons. The van der Waals surface area contributed by atoms with Crippen LogP contribution in [0.1, 0.15) is 105 Å². The minimum absolute atomic E-state index is 0.107. The van der Waals surface area contributed by atoms with Crippen LogP contribution in [0.5, 0.6) is 0 Å². The monoisotopic (exact) mass is 512 g/mol. The molecule has 5 rings (SSSR count). The van der Waals surface area contributed by atoms with Crippen LogP contribution in [-0.2, 0) is 11.3 Å². The number of aromatic nitrogens is 2. The van der Waals surface area contributed by atoms with Crippen molar-refractivity contribution >= 4 is 17.7 Å². The summed E-state index contributed by atoms with van der Waals surface area (Å²) in [6.45, 7) is 8.51. The Labute approximate surface area is 220 Å². The first kappa shape index (κ1) is 26.2. The van der Waals surface area contributed by atoms with Crippen LogP contribution in [0.2, 0.25) is 0 Å². The second kappa shape index (κ2) is 11.1. The summed E-state index contributed by atoms with van der Waals surface area (Å²) < 4.78 is 1.60. The number of carbonyl (C=O) groups excluding carboxylic acids is 3. The molecule has 1 aromatic heterocycles. The molecular formula is C28H44N6O3. The van der Waals surface area contributed by atoms with Crippen LogP contribution in [0.4, 0.5) is 0 Å². The fourth-order valence-electron chi connectivity index (χ4n) is 6.70. The zero-order chi connectivity index (χ0) is 26.0. The summed E-state index contributed by atoms with van der Waals surface area (Å²) in [6.07, 6.45) is 11.9. The van der Waals surface area contributed by atoms with Crippen molar-refractivity contribution in [3.8, 4) is 0 Å². The quantitative estimate of drug-likeness (QED) is 0.607. The molecular weight excluding hydrogens is 468 g/mol. The first-order valence-electron chi connectivity index (χ1n) is 14.6. The number of amides is 3. The number of piperidine rings is 2. The minimum atomic E-state index is -1.03. The number of nitrogens with zero attached hydrogens (tertiary/aromatic N) is 5. The molecule has 0 bridgehead atoms. The Balaban J connectivity index is 1.30. The van der Waals surface area contributed by atoms with E-state index in [4.69, 9.17) is 0 Å². The van der Waals surface area contributed by atoms with Gasteiger partial charge in [0, 0.05) is 37.8 Å². The van der Waals surface area contributed by atoms with Gasteiger partial charge in [-0.15, -0.1) is 0 Å². The van der Waals surface area contributed by atoms with Gasteiger partial charge in [0.2, 0.25) is 5.91 Å². The molecule has 0 unspecified atom stereocenters. The number of rotatable bonds is 7. The third kappa shape index (κ3) is 5.29. The van der Waals surface area contributed by atoms with Crippen LogP contribution in [0.3, 0.4) is 0 Å². The van der Waals surface area contributed by atoms with E-state index >= 15 is 0 Å². The van der Waals surface area contributed by atoms with E-state index in [2.05, 4.69) is 22.2 Å². The topological polar surface area (TPSA) is 90.8 Å². The van der Waals surface area contributed by atoms with Crippen molar-refractivity contribution in [2.24, 2.45) is 0 Å². The number of unbranched alkanes of at least 4 members (excludes halogenated alkanes) is 1. The summed E-state index contributed by atoms with van der Waals surface area (Å²) in [5, 5.41) is 7.80. The van der Waals surface area contributed by atoms with Crippen molar-refractivity contribution in [3.05, 3.63) is 17.5 Å². The van der Waals surface area contributed by atoms with E-state index in [1.807, 2.05) is 11.8 Å². The summed E-state index contributed by atoms with van der Waals surface area (Å²) in [5.41, 5.74) is -0.300. The highest BCUT2D eigenvalue weighted by Gasteiger charge is 2.48. The SMILES string of the molecule is CCCCN1C(=O)c2cc(C(=O)N3CCC(N4CCCCC4)CC3)nn2C[C@]1(C)C(=O)NC1CCCC1. The molecule has 2 saturated heterocycles. The second-order valence-electron chi connectivity index (χ2n) is 11.7. The third-order valence-electron chi connectivity index (χ3n) is 9.09. The predicted molar refractivity (Wildman–Crippen MR) is 141 cm³/mol. The van der Waals surface area contributed by atoms with E-state index in [9.17, 15) is 14.4 Å². The van der Waals surface area contributed by atoms with Crippen molar-refractivity contribution in [2.75, 3.05) is 32.7 Å². The fourth-order valence-corrected chi connectivity index (χ4v) is 6.70. The molecule has 1 saturated carbocycles. The highest BCUT2D eigenvalue weighted by Crippen LogP contribution is 2.30. The molecule has 3 fully saturated rings. The van der Waals surface area contributed by atoms with E-state index in [1.165, 1.54) is 32.4 Å². The van der Waals surface area contributed by atoms with E-state index in [0.717, 1.165) is 64.5 Å². The van der Waals surface area contributed by atoms with Gasteiger partial charge in [-0.1, -0.05) is 32.6 Å². The molecule has 37 heavy (non-hydrogen) atoms. The maximum absolute atomic E-state index is 13.7. The zero-order valence-electron chi connectivity index (χ0n) is 22.7. The largest absolute Gasteiger partial charge is 0.351 e. The van der Waals surface area contributed by atoms with Gasteiger partial charge in [0.25, 0.3) is 11.8 Å². The Morgan fingerprint density at radius 1 is 1.03 bits per heavy atom. The fraction of sp³-hybridized carbons (Fsp3) is 0.786. The van der Waals surface area contributed by atoms with Gasteiger partial charge in [-0.3, -0.25) is 19.1 Å². The molecule has 1 aromatic rings. The Morgan fingerprint density at radius 3 is 2.41 bits per heavy atom. The zero-order valence-corrected chi connectivity index (χ0v) is 22.7. The number of hydrogen-bond donors (Lipinski definition) is 1. The van der Waals surface area contributed by atoms with Crippen molar-refractivity contribution < 1.29 is 14.4 Å². The van der Waals surface area contributed by atoms with Crippen molar-refractivity contribution in [3.63, 3.8) is 0 Å². The number of fused-ring (bicyclic) bond motifs is 1. The third-order valence-corrected chi connectivity index (χ3v) is 9.09. The molecule has 1 aliphatic carbocycles. The highest BCUT2D eigenvalue weighted by atomic mass is 16.2. The van der Waals surface area contributed by atoms with Crippen LogP contribution in [0, 0.1) is 0 Å². The number of carbonyl (C=O) groups is 3. The van der Waals surface area contributed by atoms with Gasteiger partial charge in [0.1, 0.15) is 11.2 Å². The van der Waals surface area contributed by atoms with Gasteiger partial charge in [-0.05, 0) is 65.0 Å². The second-order valence-corrected chi connectivity index (χ2v) is 11.7. The molecule has 0 radical (unpaired) electrons. The Hall–Kier alpha value is -2.42. The molecule has 0 spiro atoms. The van der Waals surface area contributed by atoms with Gasteiger partial charge in [0.05, 0.1) is 6.54 Å². The van der Waals surface area contributed by atoms with Crippen molar-refractivity contribution in [1.82, 2.24) is 29.8 Å². The van der Waals surface area contributed by atoms with E-state index < -0.39 is 5.54 Å². The normalized spacial score (nSPS) is 25.9. The van der Waals surface area contributed by atoms with Crippen LogP contribution in [-0.4, -0.2) is 92.5 Å². The Morgan fingerprint density at radius 2 is 1.73 bits per heavy atom. The summed E-state index contributed by atoms with van der Waals surface area (Å²) in [4.78, 5) is 46.8. The lowest BCUT2D eigenvalue weighted by atomic mass is 9.94. The van der Waals surface area contributed by atoms with E-state index in [0.29, 0.717) is 24.0 Å². The van der Waals surface area contributed by atoms with Gasteiger partial charge >= 0.3 is 0 Å². The lowest BCUT2D eigenvalue weighted by Gasteiger charge is -2.43. The summed E-state index contributed by atoms with van der Waals surface area (Å²) >= 11 is 0. The maximum Gasteiger partial charge on any atom is 0.274 e. The van der Waals surface area contributed by atoms with E-state index in [1.54, 1.807) is 15.6 Å². The van der Waals surface area contributed by atoms with Gasteiger partial charge in [-0.2, -0.15) is 5.10 Å². The minimum Gasteiger partial charge on any atom is -0.351 e. The Bertz CT molecular complexity index is 988. The Kier molecular flexibility index (Phi) is 7.88. The standard InChI is InChI=1S/C28H44N6O3/c1-3-4-16-33-26(36)24-19-23(25(35)32-17-12-22(13-18-32)31-14-8-5-9-15-31)30-34(24)20-28(33,2)27(37)29-21-10-6-7-11-21/h19,21-22H,3-18,20H2,1-2H3,(H,29,37)/t28-/m1/s1. The number of hydrogen-bond acceptors (Lipinski definition) is 5. The summed E-state index contributed by atoms with van der Waals surface area (Å²) in [6, 6.07) is 2.39. The van der Waals surface area contributed by atoms with Crippen molar-refractivity contribution in [1.29, 1.82) is 0 Å². The number of likely N-dealkylation sites (tertiary alicyclic amines) is 2. The molecule has 1 N–H and O–H groups in total. The lowest BCUT2D eigenvalue weighted by molar-refractivity contribution is -0.133. The first-order chi connectivity index (χ1) is 17.9. The smallest absolute Gasteiger partial charge is 0.274 e. The summed E-state index contributed by atoms with van der Waals surface area (Å²) in [7, 11) is 0. The van der Waals surface area contributed by atoms with Gasteiger partial charge < -0.3 is 20.0 Å². The molecule has 9 nitrogen and oxygen atoms in total.